The van der Waals surface area contributed by atoms with Gasteiger partial charge in [0, 0.05) is 30.6 Å². The zero-order valence-electron chi connectivity index (χ0n) is 14.1. The highest BCUT2D eigenvalue weighted by Crippen LogP contribution is 2.26. The minimum atomic E-state index is -0.251. The van der Waals surface area contributed by atoms with Crippen molar-refractivity contribution in [3.8, 4) is 5.88 Å². The Kier molecular flexibility index (Phi) is 5.20. The maximum Gasteiger partial charge on any atom is 0.274 e. The van der Waals surface area contributed by atoms with Crippen molar-refractivity contribution >= 4 is 22.4 Å². The smallest absolute Gasteiger partial charge is 0.274 e. The molecule has 1 aromatic carbocycles. The molecular formula is C19H19N3O3. The molecule has 0 aliphatic carbocycles. The molecule has 6 heteroatoms. The van der Waals surface area contributed by atoms with E-state index in [0.717, 1.165) is 10.8 Å². The topological polar surface area (TPSA) is 73.3 Å². The van der Waals surface area contributed by atoms with Crippen molar-refractivity contribution in [3.63, 3.8) is 0 Å². The Morgan fingerprint density at radius 2 is 2.04 bits per heavy atom. The van der Waals surface area contributed by atoms with Gasteiger partial charge < -0.3 is 14.8 Å². The number of methoxy groups -OCH3 is 1. The van der Waals surface area contributed by atoms with E-state index in [-0.39, 0.29) is 12.0 Å². The molecule has 6 nitrogen and oxygen atoms in total. The summed E-state index contributed by atoms with van der Waals surface area (Å²) in [4.78, 5) is 20.5. The van der Waals surface area contributed by atoms with Crippen molar-refractivity contribution in [1.29, 1.82) is 0 Å². The van der Waals surface area contributed by atoms with E-state index in [9.17, 15) is 4.79 Å². The molecule has 0 bridgehead atoms. The Bertz CT molecular complexity index is 868. The number of ether oxygens (including phenoxy) is 2. The second-order valence-electron chi connectivity index (χ2n) is 5.58. The molecule has 0 aliphatic rings. The highest BCUT2D eigenvalue weighted by atomic mass is 16.5. The second kappa shape index (κ2) is 7.72. The summed E-state index contributed by atoms with van der Waals surface area (Å²) in [6.45, 7) is 2.34. The predicted octanol–water partition coefficient (Wildman–Crippen LogP) is 3.30. The van der Waals surface area contributed by atoms with E-state index in [0.29, 0.717) is 23.9 Å². The van der Waals surface area contributed by atoms with Crippen LogP contribution in [-0.4, -0.2) is 35.7 Å². The monoisotopic (exact) mass is 337 g/mol. The molecule has 2 aromatic heterocycles. The number of anilines is 1. The number of hydrogen-bond acceptors (Lipinski definition) is 5. The fourth-order valence-electron chi connectivity index (χ4n) is 2.30. The molecule has 1 amide bonds. The summed E-state index contributed by atoms with van der Waals surface area (Å²) < 4.78 is 10.9. The molecule has 1 atom stereocenters. The zero-order chi connectivity index (χ0) is 17.6. The number of fused-ring (bicyclic) bond motifs is 1. The van der Waals surface area contributed by atoms with Gasteiger partial charge in [0.15, 0.2) is 0 Å². The average molecular weight is 337 g/mol. The molecule has 25 heavy (non-hydrogen) atoms. The molecular weight excluding hydrogens is 318 g/mol. The van der Waals surface area contributed by atoms with Crippen LogP contribution in [0.4, 0.5) is 5.69 Å². The lowest BCUT2D eigenvalue weighted by Gasteiger charge is -2.13. The lowest BCUT2D eigenvalue weighted by atomic mass is 10.1. The first-order valence-corrected chi connectivity index (χ1v) is 7.94. The number of rotatable bonds is 6. The van der Waals surface area contributed by atoms with Gasteiger partial charge in [-0.1, -0.05) is 6.07 Å². The standard InChI is InChI=1S/C19H19N3O3/c1-13(24-2)12-25-19-16-7-6-15(11-14(16)8-10-21-19)22-18(23)17-5-3-4-9-20-17/h3-11,13H,12H2,1-2H3,(H,22,23)/t13-/m1/s1. The summed E-state index contributed by atoms with van der Waals surface area (Å²) >= 11 is 0. The van der Waals surface area contributed by atoms with Crippen molar-refractivity contribution in [3.05, 3.63) is 60.6 Å². The fourth-order valence-corrected chi connectivity index (χ4v) is 2.30. The molecule has 1 N–H and O–H groups in total. The van der Waals surface area contributed by atoms with Gasteiger partial charge in [-0.3, -0.25) is 9.78 Å². The van der Waals surface area contributed by atoms with Crippen LogP contribution in [0.1, 0.15) is 17.4 Å². The molecule has 0 unspecified atom stereocenters. The third-order valence-electron chi connectivity index (χ3n) is 3.74. The largest absolute Gasteiger partial charge is 0.474 e. The quantitative estimate of drug-likeness (QED) is 0.747. The summed E-state index contributed by atoms with van der Waals surface area (Å²) in [7, 11) is 1.64. The van der Waals surface area contributed by atoms with E-state index >= 15 is 0 Å². The molecule has 0 spiro atoms. The number of pyridine rings is 2. The Morgan fingerprint density at radius 1 is 1.16 bits per heavy atom. The van der Waals surface area contributed by atoms with Crippen molar-refractivity contribution in [1.82, 2.24) is 9.97 Å². The van der Waals surface area contributed by atoms with Crippen molar-refractivity contribution in [2.75, 3.05) is 19.0 Å². The molecule has 3 rings (SSSR count). The number of carbonyl (C=O) groups is 1. The summed E-state index contributed by atoms with van der Waals surface area (Å²) in [5.41, 5.74) is 1.06. The second-order valence-corrected chi connectivity index (χ2v) is 5.58. The van der Waals surface area contributed by atoms with E-state index in [1.165, 1.54) is 0 Å². The maximum atomic E-state index is 12.2. The molecule has 0 fully saturated rings. The maximum absolute atomic E-state index is 12.2. The minimum Gasteiger partial charge on any atom is -0.474 e. The molecule has 0 radical (unpaired) electrons. The van der Waals surface area contributed by atoms with Crippen LogP contribution in [0.5, 0.6) is 5.88 Å². The van der Waals surface area contributed by atoms with Crippen LogP contribution in [0.25, 0.3) is 10.8 Å². The van der Waals surface area contributed by atoms with Crippen molar-refractivity contribution < 1.29 is 14.3 Å². The first-order valence-electron chi connectivity index (χ1n) is 7.94. The van der Waals surface area contributed by atoms with E-state index in [2.05, 4.69) is 15.3 Å². The average Bonchev–Trinajstić information content (AvgIpc) is 2.66. The lowest BCUT2D eigenvalue weighted by molar-refractivity contribution is 0.0706. The number of carbonyl (C=O) groups excluding carboxylic acids is 1. The number of nitrogens with one attached hydrogen (secondary N) is 1. The third kappa shape index (κ3) is 4.10. The van der Waals surface area contributed by atoms with Gasteiger partial charge in [-0.15, -0.1) is 0 Å². The van der Waals surface area contributed by atoms with Crippen molar-refractivity contribution in [2.45, 2.75) is 13.0 Å². The van der Waals surface area contributed by atoms with E-state index in [1.807, 2.05) is 31.2 Å². The predicted molar refractivity (Wildman–Crippen MR) is 95.9 cm³/mol. The third-order valence-corrected chi connectivity index (χ3v) is 3.74. The number of aromatic nitrogens is 2. The fraction of sp³-hybridized carbons (Fsp3) is 0.211. The molecule has 0 saturated carbocycles. The van der Waals surface area contributed by atoms with Gasteiger partial charge in [0.1, 0.15) is 12.3 Å². The van der Waals surface area contributed by atoms with Crippen LogP contribution in [0, 0.1) is 0 Å². The summed E-state index contributed by atoms with van der Waals surface area (Å²) in [5.74, 6) is 0.295. The number of nitrogens with zero attached hydrogens (tertiary/aromatic N) is 2. The van der Waals surface area contributed by atoms with Crippen molar-refractivity contribution in [2.24, 2.45) is 0 Å². The summed E-state index contributed by atoms with van der Waals surface area (Å²) in [5, 5.41) is 4.65. The number of amides is 1. The first-order chi connectivity index (χ1) is 12.2. The van der Waals surface area contributed by atoms with E-state index < -0.39 is 0 Å². The molecule has 0 aliphatic heterocycles. The first kappa shape index (κ1) is 16.9. The van der Waals surface area contributed by atoms with Gasteiger partial charge in [-0.2, -0.15) is 0 Å². The van der Waals surface area contributed by atoms with Gasteiger partial charge in [0.05, 0.1) is 6.10 Å². The highest BCUT2D eigenvalue weighted by molar-refractivity contribution is 6.04. The van der Waals surface area contributed by atoms with Gasteiger partial charge >= 0.3 is 0 Å². The summed E-state index contributed by atoms with van der Waals surface area (Å²) in [6.07, 6.45) is 3.25. The van der Waals surface area contributed by atoms with E-state index in [4.69, 9.17) is 9.47 Å². The van der Waals surface area contributed by atoms with Crippen LogP contribution in [0.15, 0.2) is 54.9 Å². The van der Waals surface area contributed by atoms with Crippen LogP contribution in [0.3, 0.4) is 0 Å². The van der Waals surface area contributed by atoms with Crippen LogP contribution in [-0.2, 0) is 4.74 Å². The van der Waals surface area contributed by atoms with Crippen LogP contribution in [0.2, 0.25) is 0 Å². The van der Waals surface area contributed by atoms with E-state index in [1.54, 1.807) is 37.7 Å². The minimum absolute atomic E-state index is 0.0195. The molecule has 128 valence electrons. The Labute approximate surface area is 145 Å². The number of hydrogen-bond donors (Lipinski definition) is 1. The normalized spacial score (nSPS) is 11.9. The summed E-state index contributed by atoms with van der Waals surface area (Å²) in [6, 6.07) is 12.7. The van der Waals surface area contributed by atoms with Gasteiger partial charge in [0.2, 0.25) is 5.88 Å². The molecule has 2 heterocycles. The SMILES string of the molecule is CO[C@H](C)COc1nccc2cc(NC(=O)c3ccccn3)ccc12. The van der Waals surface area contributed by atoms with Gasteiger partial charge in [-0.25, -0.2) is 4.98 Å². The van der Waals surface area contributed by atoms with Gasteiger partial charge in [-0.05, 0) is 48.7 Å². The Morgan fingerprint density at radius 3 is 2.80 bits per heavy atom. The zero-order valence-corrected chi connectivity index (χ0v) is 14.1. The number of benzene rings is 1. The lowest BCUT2D eigenvalue weighted by Crippen LogP contribution is -2.16. The Balaban J connectivity index is 1.80. The molecule has 3 aromatic rings. The van der Waals surface area contributed by atoms with Gasteiger partial charge in [0.25, 0.3) is 5.91 Å². The van der Waals surface area contributed by atoms with Crippen LogP contribution < -0.4 is 10.1 Å². The molecule has 0 saturated heterocycles. The van der Waals surface area contributed by atoms with Crippen LogP contribution >= 0.6 is 0 Å². The highest BCUT2D eigenvalue weighted by Gasteiger charge is 2.10. The Hall–Kier alpha value is -2.99.